The number of anilines is 2. The van der Waals surface area contributed by atoms with Crippen molar-refractivity contribution in [3.05, 3.63) is 41.3 Å². The molecule has 0 saturated carbocycles. The van der Waals surface area contributed by atoms with Gasteiger partial charge >= 0.3 is 0 Å². The third-order valence-electron chi connectivity index (χ3n) is 3.76. The van der Waals surface area contributed by atoms with Gasteiger partial charge in [-0.2, -0.15) is 0 Å². The molecule has 1 aliphatic rings. The summed E-state index contributed by atoms with van der Waals surface area (Å²) < 4.78 is 26.7. The van der Waals surface area contributed by atoms with Crippen LogP contribution < -0.4 is 15.4 Å². The molecule has 0 unspecified atom stereocenters. The maximum atomic E-state index is 12.4. The summed E-state index contributed by atoms with van der Waals surface area (Å²) in [6, 6.07) is 8.62. The van der Waals surface area contributed by atoms with Gasteiger partial charge in [-0.25, -0.2) is 13.1 Å². The minimum absolute atomic E-state index is 0. The Morgan fingerprint density at radius 1 is 1.29 bits per heavy atom. The van der Waals surface area contributed by atoms with E-state index in [1.807, 2.05) is 12.1 Å². The van der Waals surface area contributed by atoms with Crippen LogP contribution >= 0.6 is 23.7 Å². The largest absolute Gasteiger partial charge is 0.398 e. The number of nitrogen functional groups attached to an aromatic ring is 1. The van der Waals surface area contributed by atoms with Crippen LogP contribution in [-0.4, -0.2) is 27.4 Å². The molecule has 2 heterocycles. The Bertz CT molecular complexity index is 822. The lowest BCUT2D eigenvalue weighted by Crippen LogP contribution is -2.42. The standard InChI is InChI=1S/C15H17N3O3S2.ClH/c16-12-5-1-6-13-11(12)4-2-8-18(13)14(19)10-17-23(20,21)15-7-3-9-22-15;/h1,3,5-7,9,17H,2,4,8,10,16H2;1H. The number of nitrogens with two attached hydrogens (primary N) is 1. The second-order valence-corrected chi connectivity index (χ2v) is 8.19. The average Bonchev–Trinajstić information content (AvgIpc) is 3.08. The van der Waals surface area contributed by atoms with E-state index in [-0.39, 0.29) is 29.1 Å². The Morgan fingerprint density at radius 3 is 2.79 bits per heavy atom. The Hall–Kier alpha value is -1.61. The molecule has 24 heavy (non-hydrogen) atoms. The highest BCUT2D eigenvalue weighted by atomic mass is 35.5. The number of rotatable bonds is 4. The van der Waals surface area contributed by atoms with Crippen LogP contribution in [-0.2, 0) is 21.2 Å². The molecular formula is C15H18ClN3O3S2. The van der Waals surface area contributed by atoms with Gasteiger partial charge in [0.2, 0.25) is 5.91 Å². The number of fused-ring (bicyclic) bond motifs is 1. The van der Waals surface area contributed by atoms with Crippen LogP contribution in [0, 0.1) is 0 Å². The van der Waals surface area contributed by atoms with Crippen molar-refractivity contribution in [2.75, 3.05) is 23.7 Å². The monoisotopic (exact) mass is 387 g/mol. The fourth-order valence-corrected chi connectivity index (χ4v) is 4.66. The van der Waals surface area contributed by atoms with Crippen LogP contribution in [0.1, 0.15) is 12.0 Å². The molecule has 0 bridgehead atoms. The van der Waals surface area contributed by atoms with Gasteiger partial charge in [0, 0.05) is 17.9 Å². The molecule has 3 rings (SSSR count). The molecule has 6 nitrogen and oxygen atoms in total. The molecule has 0 saturated heterocycles. The van der Waals surface area contributed by atoms with Crippen LogP contribution in [0.2, 0.25) is 0 Å². The topological polar surface area (TPSA) is 92.5 Å². The van der Waals surface area contributed by atoms with E-state index in [0.717, 1.165) is 35.4 Å². The van der Waals surface area contributed by atoms with Crippen molar-refractivity contribution in [1.29, 1.82) is 0 Å². The molecule has 2 aromatic rings. The SMILES string of the molecule is Cl.Nc1cccc2c1CCCN2C(=O)CNS(=O)(=O)c1cccs1. The van der Waals surface area contributed by atoms with Gasteiger partial charge in [0.25, 0.3) is 10.0 Å². The Morgan fingerprint density at radius 2 is 2.08 bits per heavy atom. The zero-order valence-electron chi connectivity index (χ0n) is 12.8. The van der Waals surface area contributed by atoms with Crippen LogP contribution in [0.4, 0.5) is 11.4 Å². The fraction of sp³-hybridized carbons (Fsp3) is 0.267. The lowest BCUT2D eigenvalue weighted by Gasteiger charge is -2.30. The third-order valence-corrected chi connectivity index (χ3v) is 6.56. The molecule has 0 fully saturated rings. The van der Waals surface area contributed by atoms with Crippen LogP contribution in [0.5, 0.6) is 0 Å². The third kappa shape index (κ3) is 3.72. The summed E-state index contributed by atoms with van der Waals surface area (Å²) in [5.74, 6) is -0.281. The zero-order valence-corrected chi connectivity index (χ0v) is 15.2. The Labute approximate surface area is 151 Å². The average molecular weight is 388 g/mol. The first kappa shape index (κ1) is 18.7. The summed E-state index contributed by atoms with van der Waals surface area (Å²) in [4.78, 5) is 14.1. The van der Waals surface area contributed by atoms with E-state index >= 15 is 0 Å². The van der Waals surface area contributed by atoms with Crippen molar-refractivity contribution in [3.63, 3.8) is 0 Å². The van der Waals surface area contributed by atoms with Crippen molar-refractivity contribution in [1.82, 2.24) is 4.72 Å². The highest BCUT2D eigenvalue weighted by Gasteiger charge is 2.25. The summed E-state index contributed by atoms with van der Waals surface area (Å²) >= 11 is 1.12. The minimum atomic E-state index is -3.64. The summed E-state index contributed by atoms with van der Waals surface area (Å²) in [7, 11) is -3.64. The maximum Gasteiger partial charge on any atom is 0.250 e. The number of halogens is 1. The van der Waals surface area contributed by atoms with Crippen molar-refractivity contribution in [3.8, 4) is 0 Å². The molecule has 0 aliphatic carbocycles. The molecule has 1 amide bonds. The predicted molar refractivity (Wildman–Crippen MR) is 98.3 cm³/mol. The molecule has 1 aromatic carbocycles. The lowest BCUT2D eigenvalue weighted by molar-refractivity contribution is -0.117. The molecule has 0 atom stereocenters. The van der Waals surface area contributed by atoms with Crippen LogP contribution in [0.25, 0.3) is 0 Å². The number of carbonyl (C=O) groups excluding carboxylic acids is 1. The summed E-state index contributed by atoms with van der Waals surface area (Å²) in [6.07, 6.45) is 1.64. The van der Waals surface area contributed by atoms with Crippen LogP contribution in [0.3, 0.4) is 0 Å². The number of nitrogens with zero attached hydrogens (tertiary/aromatic N) is 1. The first-order chi connectivity index (χ1) is 11.0. The number of hydrogen-bond donors (Lipinski definition) is 2. The number of hydrogen-bond acceptors (Lipinski definition) is 5. The van der Waals surface area contributed by atoms with E-state index in [1.54, 1.807) is 22.4 Å². The molecule has 1 aromatic heterocycles. The quantitative estimate of drug-likeness (QED) is 0.785. The highest BCUT2D eigenvalue weighted by Crippen LogP contribution is 2.31. The molecule has 0 radical (unpaired) electrons. The van der Waals surface area contributed by atoms with Gasteiger partial charge in [0.15, 0.2) is 0 Å². The van der Waals surface area contributed by atoms with E-state index < -0.39 is 10.0 Å². The first-order valence-corrected chi connectivity index (χ1v) is 9.56. The van der Waals surface area contributed by atoms with Gasteiger partial charge in [0.05, 0.1) is 6.54 Å². The van der Waals surface area contributed by atoms with Crippen LogP contribution in [0.15, 0.2) is 39.9 Å². The molecule has 1 aliphatic heterocycles. The smallest absolute Gasteiger partial charge is 0.250 e. The number of carbonyl (C=O) groups is 1. The van der Waals surface area contributed by atoms with Gasteiger partial charge in [-0.1, -0.05) is 12.1 Å². The summed E-state index contributed by atoms with van der Waals surface area (Å²) in [6.45, 7) is 0.296. The van der Waals surface area contributed by atoms with Gasteiger partial charge in [0.1, 0.15) is 4.21 Å². The van der Waals surface area contributed by atoms with E-state index in [0.29, 0.717) is 12.2 Å². The van der Waals surface area contributed by atoms with E-state index in [1.165, 1.54) is 6.07 Å². The normalized spacial score (nSPS) is 13.9. The lowest BCUT2D eigenvalue weighted by atomic mass is 10.00. The van der Waals surface area contributed by atoms with Gasteiger partial charge in [-0.05, 0) is 42.0 Å². The molecule has 130 valence electrons. The summed E-state index contributed by atoms with van der Waals surface area (Å²) in [5.41, 5.74) is 8.36. The number of amides is 1. The molecular weight excluding hydrogens is 370 g/mol. The second kappa shape index (κ2) is 7.52. The number of nitrogens with one attached hydrogen (secondary N) is 1. The van der Waals surface area contributed by atoms with E-state index in [9.17, 15) is 13.2 Å². The molecule has 3 N–H and O–H groups in total. The highest BCUT2D eigenvalue weighted by molar-refractivity contribution is 7.91. The Balaban J connectivity index is 0.00000208. The first-order valence-electron chi connectivity index (χ1n) is 7.20. The van der Waals surface area contributed by atoms with E-state index in [2.05, 4.69) is 4.72 Å². The Kier molecular flexibility index (Phi) is 5.87. The fourth-order valence-electron chi connectivity index (χ4n) is 2.65. The predicted octanol–water partition coefficient (Wildman–Crippen LogP) is 2.01. The van der Waals surface area contributed by atoms with E-state index in [4.69, 9.17) is 5.73 Å². The van der Waals surface area contributed by atoms with Gasteiger partial charge in [-0.3, -0.25) is 4.79 Å². The van der Waals surface area contributed by atoms with Crippen molar-refractivity contribution < 1.29 is 13.2 Å². The minimum Gasteiger partial charge on any atom is -0.398 e. The number of benzene rings is 1. The van der Waals surface area contributed by atoms with Crippen molar-refractivity contribution >= 4 is 51.0 Å². The second-order valence-electron chi connectivity index (χ2n) is 5.25. The number of sulfonamides is 1. The van der Waals surface area contributed by atoms with Crippen molar-refractivity contribution in [2.24, 2.45) is 0 Å². The van der Waals surface area contributed by atoms with Gasteiger partial charge < -0.3 is 10.6 Å². The molecule has 9 heteroatoms. The zero-order chi connectivity index (χ0) is 16.4. The molecule has 0 spiro atoms. The number of thiophene rings is 1. The summed E-state index contributed by atoms with van der Waals surface area (Å²) in [5, 5.41) is 1.68. The van der Waals surface area contributed by atoms with Gasteiger partial charge in [-0.15, -0.1) is 23.7 Å². The maximum absolute atomic E-state index is 12.4. The van der Waals surface area contributed by atoms with Crippen molar-refractivity contribution in [2.45, 2.75) is 17.1 Å².